The number of carbonyl (C=O) groups excluding carboxylic acids is 1. The van der Waals surface area contributed by atoms with Gasteiger partial charge in [0.2, 0.25) is 0 Å². The Morgan fingerprint density at radius 1 is 1.37 bits per heavy atom. The van der Waals surface area contributed by atoms with Crippen LogP contribution >= 0.6 is 0 Å². The van der Waals surface area contributed by atoms with E-state index >= 15 is 0 Å². The largest absolute Gasteiger partial charge is 0.396 e. The number of aryl methyl sites for hydroxylation is 1. The molecular formula is C15H20FNO2. The Hall–Kier alpha value is -1.42. The smallest absolute Gasteiger partial charge is 0.251 e. The first-order valence-electron chi connectivity index (χ1n) is 6.78. The standard InChI is InChI=1S/C15H20FNO2/c1-10-8-12(16)4-7-14(10)15(19)17-13-5-2-11(9-18)3-6-13/h4,7-8,11,13,18H,2-3,5-6,9H2,1H3,(H,17,19). The van der Waals surface area contributed by atoms with E-state index in [1.165, 1.54) is 18.2 Å². The van der Waals surface area contributed by atoms with Gasteiger partial charge in [-0.1, -0.05) is 0 Å². The van der Waals surface area contributed by atoms with Crippen LogP contribution in [0, 0.1) is 18.7 Å². The van der Waals surface area contributed by atoms with E-state index in [4.69, 9.17) is 5.11 Å². The van der Waals surface area contributed by atoms with Crippen LogP contribution in [0.25, 0.3) is 0 Å². The number of carbonyl (C=O) groups is 1. The first-order valence-corrected chi connectivity index (χ1v) is 6.78. The van der Waals surface area contributed by atoms with Crippen LogP contribution in [0.3, 0.4) is 0 Å². The summed E-state index contributed by atoms with van der Waals surface area (Å²) >= 11 is 0. The number of aliphatic hydroxyl groups excluding tert-OH is 1. The second-order valence-electron chi connectivity index (χ2n) is 5.33. The molecule has 1 amide bonds. The molecule has 19 heavy (non-hydrogen) atoms. The Labute approximate surface area is 112 Å². The van der Waals surface area contributed by atoms with Crippen molar-refractivity contribution < 1.29 is 14.3 Å². The van der Waals surface area contributed by atoms with Crippen LogP contribution < -0.4 is 5.32 Å². The van der Waals surface area contributed by atoms with E-state index < -0.39 is 0 Å². The molecule has 0 aromatic heterocycles. The van der Waals surface area contributed by atoms with Gasteiger partial charge in [0.15, 0.2) is 0 Å². The van der Waals surface area contributed by atoms with E-state index in [9.17, 15) is 9.18 Å². The SMILES string of the molecule is Cc1cc(F)ccc1C(=O)NC1CCC(CO)CC1. The maximum Gasteiger partial charge on any atom is 0.251 e. The van der Waals surface area contributed by atoms with Crippen molar-refractivity contribution in [2.24, 2.45) is 5.92 Å². The number of nitrogens with one attached hydrogen (secondary N) is 1. The second kappa shape index (κ2) is 6.15. The van der Waals surface area contributed by atoms with Crippen molar-refractivity contribution in [3.63, 3.8) is 0 Å². The number of halogens is 1. The summed E-state index contributed by atoms with van der Waals surface area (Å²) in [5.41, 5.74) is 1.19. The zero-order chi connectivity index (χ0) is 13.8. The Bertz CT molecular complexity index is 453. The van der Waals surface area contributed by atoms with Crippen molar-refractivity contribution in [1.29, 1.82) is 0 Å². The van der Waals surface area contributed by atoms with Gasteiger partial charge < -0.3 is 10.4 Å². The molecule has 2 N–H and O–H groups in total. The van der Waals surface area contributed by atoms with Gasteiger partial charge in [-0.3, -0.25) is 4.79 Å². The molecule has 1 fully saturated rings. The number of hydrogen-bond donors (Lipinski definition) is 2. The molecule has 0 heterocycles. The van der Waals surface area contributed by atoms with E-state index in [0.717, 1.165) is 25.7 Å². The Kier molecular flexibility index (Phi) is 4.53. The minimum Gasteiger partial charge on any atom is -0.396 e. The van der Waals surface area contributed by atoms with Gasteiger partial charge in [-0.05, 0) is 62.3 Å². The van der Waals surface area contributed by atoms with Gasteiger partial charge in [0, 0.05) is 18.2 Å². The molecule has 104 valence electrons. The average molecular weight is 265 g/mol. The molecule has 0 atom stereocenters. The van der Waals surface area contributed by atoms with Crippen LogP contribution in [0.2, 0.25) is 0 Å². The fraction of sp³-hybridized carbons (Fsp3) is 0.533. The monoisotopic (exact) mass is 265 g/mol. The first-order chi connectivity index (χ1) is 9.10. The molecule has 0 unspecified atom stereocenters. The van der Waals surface area contributed by atoms with Crippen molar-refractivity contribution in [3.8, 4) is 0 Å². The lowest BCUT2D eigenvalue weighted by Crippen LogP contribution is -2.38. The maximum absolute atomic E-state index is 13.0. The lowest BCUT2D eigenvalue weighted by Gasteiger charge is -2.28. The molecule has 1 aromatic rings. The van der Waals surface area contributed by atoms with Crippen LogP contribution in [0.15, 0.2) is 18.2 Å². The van der Waals surface area contributed by atoms with Gasteiger partial charge in [0.1, 0.15) is 5.82 Å². The molecule has 1 aliphatic carbocycles. The second-order valence-corrected chi connectivity index (χ2v) is 5.33. The number of rotatable bonds is 3. The fourth-order valence-electron chi connectivity index (χ4n) is 2.63. The average Bonchev–Trinajstić information content (AvgIpc) is 2.39. The van der Waals surface area contributed by atoms with Crippen molar-refractivity contribution in [2.75, 3.05) is 6.61 Å². The van der Waals surface area contributed by atoms with E-state index in [1.54, 1.807) is 6.92 Å². The first kappa shape index (κ1) is 14.0. The van der Waals surface area contributed by atoms with Crippen LogP contribution in [0.4, 0.5) is 4.39 Å². The summed E-state index contributed by atoms with van der Waals surface area (Å²) in [4.78, 5) is 12.1. The minimum absolute atomic E-state index is 0.134. The molecule has 0 spiro atoms. The predicted molar refractivity (Wildman–Crippen MR) is 71.4 cm³/mol. The number of benzene rings is 1. The molecular weight excluding hydrogens is 245 g/mol. The molecule has 0 aliphatic heterocycles. The molecule has 0 bridgehead atoms. The third-order valence-electron chi connectivity index (χ3n) is 3.87. The van der Waals surface area contributed by atoms with E-state index in [2.05, 4.69) is 5.32 Å². The normalized spacial score (nSPS) is 23.1. The maximum atomic E-state index is 13.0. The third kappa shape index (κ3) is 3.53. The Balaban J connectivity index is 1.94. The highest BCUT2D eigenvalue weighted by molar-refractivity contribution is 5.95. The van der Waals surface area contributed by atoms with Gasteiger partial charge in [0.05, 0.1) is 0 Å². The fourth-order valence-corrected chi connectivity index (χ4v) is 2.63. The minimum atomic E-state index is -0.322. The summed E-state index contributed by atoms with van der Waals surface area (Å²) in [6.45, 7) is 1.97. The van der Waals surface area contributed by atoms with Crippen LogP contribution in [0.5, 0.6) is 0 Å². The molecule has 1 aliphatic rings. The molecule has 1 aromatic carbocycles. The van der Waals surface area contributed by atoms with Gasteiger partial charge in [0.25, 0.3) is 5.91 Å². The van der Waals surface area contributed by atoms with E-state index in [1.807, 2.05) is 0 Å². The quantitative estimate of drug-likeness (QED) is 0.881. The molecule has 0 saturated heterocycles. The summed E-state index contributed by atoms with van der Waals surface area (Å²) in [5, 5.41) is 12.1. The van der Waals surface area contributed by atoms with Gasteiger partial charge in [-0.2, -0.15) is 0 Å². The van der Waals surface area contributed by atoms with Gasteiger partial charge in [-0.15, -0.1) is 0 Å². The Morgan fingerprint density at radius 2 is 2.05 bits per heavy atom. The van der Waals surface area contributed by atoms with Crippen molar-refractivity contribution in [1.82, 2.24) is 5.32 Å². The summed E-state index contributed by atoms with van der Waals surface area (Å²) in [7, 11) is 0. The summed E-state index contributed by atoms with van der Waals surface area (Å²) < 4.78 is 13.0. The van der Waals surface area contributed by atoms with E-state index in [-0.39, 0.29) is 24.4 Å². The molecule has 0 radical (unpaired) electrons. The molecule has 1 saturated carbocycles. The van der Waals surface area contributed by atoms with Crippen molar-refractivity contribution >= 4 is 5.91 Å². The lowest BCUT2D eigenvalue weighted by molar-refractivity contribution is 0.0913. The summed E-state index contributed by atoms with van der Waals surface area (Å²) in [6.07, 6.45) is 3.70. The Morgan fingerprint density at radius 3 is 2.63 bits per heavy atom. The number of hydrogen-bond acceptors (Lipinski definition) is 2. The van der Waals surface area contributed by atoms with Gasteiger partial charge in [-0.25, -0.2) is 4.39 Å². The predicted octanol–water partition coefficient (Wildman–Crippen LogP) is 2.42. The molecule has 3 nitrogen and oxygen atoms in total. The summed E-state index contributed by atoms with van der Waals surface area (Å²) in [5.74, 6) is -0.0804. The topological polar surface area (TPSA) is 49.3 Å². The number of amides is 1. The zero-order valence-corrected chi connectivity index (χ0v) is 11.2. The lowest BCUT2D eigenvalue weighted by atomic mass is 9.86. The van der Waals surface area contributed by atoms with Crippen LogP contribution in [0.1, 0.15) is 41.6 Å². The van der Waals surface area contributed by atoms with E-state index in [0.29, 0.717) is 17.0 Å². The number of aliphatic hydroxyl groups is 1. The summed E-state index contributed by atoms with van der Waals surface area (Å²) in [6, 6.07) is 4.38. The highest BCUT2D eigenvalue weighted by Crippen LogP contribution is 2.24. The molecule has 2 rings (SSSR count). The van der Waals surface area contributed by atoms with Crippen molar-refractivity contribution in [3.05, 3.63) is 35.1 Å². The third-order valence-corrected chi connectivity index (χ3v) is 3.87. The molecule has 4 heteroatoms. The highest BCUT2D eigenvalue weighted by atomic mass is 19.1. The van der Waals surface area contributed by atoms with Crippen LogP contribution in [-0.2, 0) is 0 Å². The zero-order valence-electron chi connectivity index (χ0n) is 11.2. The highest BCUT2D eigenvalue weighted by Gasteiger charge is 2.22. The van der Waals surface area contributed by atoms with Crippen LogP contribution in [-0.4, -0.2) is 23.7 Å². The van der Waals surface area contributed by atoms with Crippen molar-refractivity contribution in [2.45, 2.75) is 38.6 Å². The van der Waals surface area contributed by atoms with Gasteiger partial charge >= 0.3 is 0 Å².